The molecule has 0 spiro atoms. The number of hydrogen-bond donors (Lipinski definition) is 0. The molecule has 0 amide bonds. The van der Waals surface area contributed by atoms with Crippen LogP contribution in [0.5, 0.6) is 17.2 Å². The minimum absolute atomic E-state index is 0.144. The average molecular weight is 373 g/mol. The molecule has 0 saturated carbocycles. The Kier molecular flexibility index (Phi) is 5.03. The molecule has 110 valence electrons. The molecule has 0 atom stereocenters. The second kappa shape index (κ2) is 6.78. The summed E-state index contributed by atoms with van der Waals surface area (Å²) in [4.78, 5) is 10.6. The van der Waals surface area contributed by atoms with Crippen LogP contribution in [0.1, 0.15) is 5.56 Å². The van der Waals surface area contributed by atoms with Gasteiger partial charge in [0.2, 0.25) is 5.75 Å². The molecular weight excluding hydrogens is 362 g/mol. The summed E-state index contributed by atoms with van der Waals surface area (Å²) in [5.74, 6) is 1.04. The number of nitro benzene ring substituents is 1. The van der Waals surface area contributed by atoms with Gasteiger partial charge in [-0.15, -0.1) is 0 Å². The topological polar surface area (TPSA) is 61.6 Å². The van der Waals surface area contributed by atoms with Gasteiger partial charge in [0.1, 0.15) is 11.5 Å². The van der Waals surface area contributed by atoms with Crippen molar-refractivity contribution < 1.29 is 14.4 Å². The lowest BCUT2D eigenvalue weighted by molar-refractivity contribution is -0.385. The fourth-order valence-electron chi connectivity index (χ4n) is 1.72. The fraction of sp³-hybridized carbons (Fsp3) is 0.143. The van der Waals surface area contributed by atoms with Gasteiger partial charge in [0.05, 0.1) is 18.1 Å². The summed E-state index contributed by atoms with van der Waals surface area (Å²) in [6, 6.07) is 9.50. The Balaban J connectivity index is 2.42. The number of alkyl halides is 1. The van der Waals surface area contributed by atoms with E-state index in [1.165, 1.54) is 19.2 Å². The van der Waals surface area contributed by atoms with E-state index >= 15 is 0 Å². The molecule has 0 aromatic heterocycles. The van der Waals surface area contributed by atoms with Crippen LogP contribution in [0.3, 0.4) is 0 Å². The molecule has 0 radical (unpaired) electrons. The van der Waals surface area contributed by atoms with Crippen LogP contribution >= 0.6 is 27.5 Å². The van der Waals surface area contributed by atoms with Crippen molar-refractivity contribution >= 4 is 33.2 Å². The Hall–Kier alpha value is -1.79. The van der Waals surface area contributed by atoms with Crippen molar-refractivity contribution in [3.8, 4) is 17.2 Å². The zero-order valence-corrected chi connectivity index (χ0v) is 13.3. The minimum Gasteiger partial charge on any atom is -0.496 e. The van der Waals surface area contributed by atoms with Gasteiger partial charge in [-0.25, -0.2) is 0 Å². The van der Waals surface area contributed by atoms with Crippen LogP contribution in [0.2, 0.25) is 5.02 Å². The monoisotopic (exact) mass is 371 g/mol. The largest absolute Gasteiger partial charge is 0.496 e. The van der Waals surface area contributed by atoms with E-state index in [0.29, 0.717) is 21.9 Å². The summed E-state index contributed by atoms with van der Waals surface area (Å²) in [6.45, 7) is 0. The molecule has 2 aromatic rings. The van der Waals surface area contributed by atoms with Crippen molar-refractivity contribution in [2.45, 2.75) is 5.33 Å². The van der Waals surface area contributed by atoms with Crippen LogP contribution in [0.15, 0.2) is 36.4 Å². The van der Waals surface area contributed by atoms with Crippen LogP contribution < -0.4 is 9.47 Å². The molecule has 2 aromatic carbocycles. The summed E-state index contributed by atoms with van der Waals surface area (Å²) in [6.07, 6.45) is 0. The third-order valence-electron chi connectivity index (χ3n) is 2.75. The van der Waals surface area contributed by atoms with E-state index in [-0.39, 0.29) is 11.4 Å². The molecule has 2 rings (SSSR count). The highest BCUT2D eigenvalue weighted by atomic mass is 79.9. The zero-order chi connectivity index (χ0) is 15.4. The number of rotatable bonds is 5. The molecule has 5 nitrogen and oxygen atoms in total. The van der Waals surface area contributed by atoms with E-state index in [2.05, 4.69) is 15.9 Å². The molecular formula is C14H11BrClNO4. The maximum absolute atomic E-state index is 11.1. The number of benzene rings is 2. The summed E-state index contributed by atoms with van der Waals surface area (Å²) in [5.41, 5.74) is 0.637. The van der Waals surface area contributed by atoms with Gasteiger partial charge < -0.3 is 9.47 Å². The van der Waals surface area contributed by atoms with Crippen molar-refractivity contribution in [2.24, 2.45) is 0 Å². The lowest BCUT2D eigenvalue weighted by atomic mass is 10.2. The third kappa shape index (κ3) is 3.65. The maximum atomic E-state index is 11.1. The van der Waals surface area contributed by atoms with E-state index in [1.54, 1.807) is 24.3 Å². The second-order valence-electron chi connectivity index (χ2n) is 4.08. The van der Waals surface area contributed by atoms with Crippen molar-refractivity contribution in [3.05, 3.63) is 57.1 Å². The van der Waals surface area contributed by atoms with Crippen molar-refractivity contribution in [2.75, 3.05) is 7.11 Å². The highest BCUT2D eigenvalue weighted by Crippen LogP contribution is 2.36. The summed E-state index contributed by atoms with van der Waals surface area (Å²) in [5, 5.41) is 12.2. The molecule has 0 aliphatic rings. The SMILES string of the molecule is COc1ccc(Oc2ccc(Cl)cc2CBr)c([N+](=O)[O-])c1. The van der Waals surface area contributed by atoms with Gasteiger partial charge in [-0.05, 0) is 30.3 Å². The summed E-state index contributed by atoms with van der Waals surface area (Å²) >= 11 is 9.25. The number of hydrogen-bond acceptors (Lipinski definition) is 4. The standard InChI is InChI=1S/C14H11BrClNO4/c1-20-11-3-5-14(12(7-11)17(18)19)21-13-4-2-10(16)6-9(13)8-15/h2-7H,8H2,1H3. The first-order valence-electron chi connectivity index (χ1n) is 5.90. The number of nitro groups is 1. The Morgan fingerprint density at radius 1 is 1.24 bits per heavy atom. The maximum Gasteiger partial charge on any atom is 0.315 e. The molecule has 0 unspecified atom stereocenters. The number of halogens is 2. The molecule has 0 heterocycles. The van der Waals surface area contributed by atoms with Gasteiger partial charge in [-0.3, -0.25) is 10.1 Å². The molecule has 0 aliphatic heterocycles. The van der Waals surface area contributed by atoms with Gasteiger partial charge in [0, 0.05) is 15.9 Å². The van der Waals surface area contributed by atoms with Crippen LogP contribution in [-0.2, 0) is 5.33 Å². The predicted octanol–water partition coefficient (Wildman–Crippen LogP) is 4.94. The highest BCUT2D eigenvalue weighted by Gasteiger charge is 2.18. The van der Waals surface area contributed by atoms with E-state index in [9.17, 15) is 10.1 Å². The van der Waals surface area contributed by atoms with E-state index < -0.39 is 4.92 Å². The van der Waals surface area contributed by atoms with E-state index in [4.69, 9.17) is 21.1 Å². The third-order valence-corrected chi connectivity index (χ3v) is 3.59. The minimum atomic E-state index is -0.512. The van der Waals surface area contributed by atoms with Crippen molar-refractivity contribution in [1.82, 2.24) is 0 Å². The molecule has 21 heavy (non-hydrogen) atoms. The number of methoxy groups -OCH3 is 1. The van der Waals surface area contributed by atoms with Crippen LogP contribution in [0.4, 0.5) is 5.69 Å². The van der Waals surface area contributed by atoms with E-state index in [1.807, 2.05) is 0 Å². The first-order chi connectivity index (χ1) is 10.0. The van der Waals surface area contributed by atoms with Crippen molar-refractivity contribution in [1.29, 1.82) is 0 Å². The van der Waals surface area contributed by atoms with Gasteiger partial charge in [0.25, 0.3) is 0 Å². The average Bonchev–Trinajstić information content (AvgIpc) is 2.49. The lowest BCUT2D eigenvalue weighted by Crippen LogP contribution is -1.96. The van der Waals surface area contributed by atoms with E-state index in [0.717, 1.165) is 5.56 Å². The van der Waals surface area contributed by atoms with Crippen LogP contribution in [-0.4, -0.2) is 12.0 Å². The zero-order valence-electron chi connectivity index (χ0n) is 11.0. The lowest BCUT2D eigenvalue weighted by Gasteiger charge is -2.11. The van der Waals surface area contributed by atoms with Crippen LogP contribution in [0, 0.1) is 10.1 Å². The Morgan fingerprint density at radius 3 is 2.57 bits per heavy atom. The normalized spacial score (nSPS) is 10.2. The van der Waals surface area contributed by atoms with Crippen molar-refractivity contribution in [3.63, 3.8) is 0 Å². The predicted molar refractivity (Wildman–Crippen MR) is 83.8 cm³/mol. The molecule has 0 aliphatic carbocycles. The molecule has 0 saturated heterocycles. The summed E-state index contributed by atoms with van der Waals surface area (Å²) < 4.78 is 10.6. The Morgan fingerprint density at radius 2 is 1.95 bits per heavy atom. The molecule has 0 N–H and O–H groups in total. The summed E-state index contributed by atoms with van der Waals surface area (Å²) in [7, 11) is 1.45. The quantitative estimate of drug-likeness (QED) is 0.423. The van der Waals surface area contributed by atoms with Gasteiger partial charge >= 0.3 is 5.69 Å². The van der Waals surface area contributed by atoms with Gasteiger partial charge in [-0.1, -0.05) is 27.5 Å². The number of ether oxygens (including phenoxy) is 2. The highest BCUT2D eigenvalue weighted by molar-refractivity contribution is 9.08. The first kappa shape index (κ1) is 15.6. The smallest absolute Gasteiger partial charge is 0.315 e. The molecule has 0 bridgehead atoms. The number of nitrogens with zero attached hydrogens (tertiary/aromatic N) is 1. The van der Waals surface area contributed by atoms with Gasteiger partial charge in [-0.2, -0.15) is 0 Å². The Bertz CT molecular complexity index is 678. The van der Waals surface area contributed by atoms with Gasteiger partial charge in [0.15, 0.2) is 0 Å². The van der Waals surface area contributed by atoms with Crippen LogP contribution in [0.25, 0.3) is 0 Å². The Labute approximate surface area is 134 Å². The fourth-order valence-corrected chi connectivity index (χ4v) is 2.36. The molecule has 0 fully saturated rings. The first-order valence-corrected chi connectivity index (χ1v) is 7.39. The second-order valence-corrected chi connectivity index (χ2v) is 5.08. The molecule has 7 heteroatoms.